The third-order valence-corrected chi connectivity index (χ3v) is 2.89. The van der Waals surface area contributed by atoms with Crippen LogP contribution in [-0.2, 0) is 4.79 Å². The number of likely N-dealkylation sites (N-methyl/N-ethyl adjacent to an activating group) is 1. The molecule has 1 rings (SSSR count). The normalized spacial score (nSPS) is 20.4. The smallest absolute Gasteiger partial charge is 0.239 e. The first-order valence-corrected chi connectivity index (χ1v) is 6.17. The van der Waals surface area contributed by atoms with E-state index in [1.165, 1.54) is 12.8 Å². The van der Waals surface area contributed by atoms with Crippen molar-refractivity contribution >= 4 is 18.3 Å². The molecule has 3 nitrogen and oxygen atoms in total. The molecule has 96 valence electrons. The minimum Gasteiger partial charge on any atom is -0.341 e. The summed E-state index contributed by atoms with van der Waals surface area (Å²) >= 11 is 0. The van der Waals surface area contributed by atoms with Crippen molar-refractivity contribution in [3.8, 4) is 0 Å². The molecule has 4 heteroatoms. The number of carbonyl (C=O) groups is 1. The lowest BCUT2D eigenvalue weighted by Gasteiger charge is -2.30. The predicted molar refractivity (Wildman–Crippen MR) is 70.0 cm³/mol. The molecule has 1 atom stereocenters. The quantitative estimate of drug-likeness (QED) is 0.826. The Morgan fingerprint density at radius 3 is 2.56 bits per heavy atom. The van der Waals surface area contributed by atoms with Crippen molar-refractivity contribution in [2.24, 2.45) is 5.92 Å². The first-order valence-electron chi connectivity index (χ1n) is 6.17. The zero-order valence-corrected chi connectivity index (χ0v) is 11.5. The van der Waals surface area contributed by atoms with Gasteiger partial charge in [-0.05, 0) is 32.2 Å². The van der Waals surface area contributed by atoms with Gasteiger partial charge in [0.15, 0.2) is 0 Å². The van der Waals surface area contributed by atoms with E-state index in [2.05, 4.69) is 26.1 Å². The molecule has 16 heavy (non-hydrogen) atoms. The second-order valence-corrected chi connectivity index (χ2v) is 4.77. The second kappa shape index (κ2) is 7.91. The van der Waals surface area contributed by atoms with E-state index in [1.807, 2.05) is 4.90 Å². The van der Waals surface area contributed by atoms with Crippen LogP contribution in [0.4, 0.5) is 0 Å². The van der Waals surface area contributed by atoms with Crippen molar-refractivity contribution < 1.29 is 4.79 Å². The number of nitrogens with one attached hydrogen (secondary N) is 1. The van der Waals surface area contributed by atoms with E-state index in [0.717, 1.165) is 26.1 Å². The number of hydrogen-bond donors (Lipinski definition) is 1. The van der Waals surface area contributed by atoms with Gasteiger partial charge in [-0.1, -0.05) is 20.3 Å². The van der Waals surface area contributed by atoms with Gasteiger partial charge >= 0.3 is 0 Å². The van der Waals surface area contributed by atoms with E-state index in [-0.39, 0.29) is 18.4 Å². The summed E-state index contributed by atoms with van der Waals surface area (Å²) in [7, 11) is 0. The summed E-state index contributed by atoms with van der Waals surface area (Å²) in [4.78, 5) is 14.1. The van der Waals surface area contributed by atoms with E-state index in [4.69, 9.17) is 0 Å². The van der Waals surface area contributed by atoms with Crippen LogP contribution in [0, 0.1) is 5.92 Å². The Hall–Kier alpha value is -0.280. The van der Waals surface area contributed by atoms with E-state index >= 15 is 0 Å². The molecule has 0 aromatic rings. The van der Waals surface area contributed by atoms with E-state index in [9.17, 15) is 4.79 Å². The molecule has 1 fully saturated rings. The maximum Gasteiger partial charge on any atom is 0.239 e. The van der Waals surface area contributed by atoms with E-state index in [1.54, 1.807) is 0 Å². The molecular formula is C12H25ClN2O. The molecule has 0 aromatic carbocycles. The molecule has 0 spiro atoms. The third kappa shape index (κ3) is 4.71. The molecule has 0 bridgehead atoms. The number of rotatable bonds is 4. The molecule has 1 saturated heterocycles. The number of piperidine rings is 1. The minimum atomic E-state index is 0. The molecule has 0 saturated carbocycles. The summed E-state index contributed by atoms with van der Waals surface area (Å²) in [5.41, 5.74) is 0. The number of carbonyl (C=O) groups excluding carboxylic acids is 1. The molecule has 0 unspecified atom stereocenters. The Labute approximate surface area is 105 Å². The van der Waals surface area contributed by atoms with E-state index < -0.39 is 0 Å². The van der Waals surface area contributed by atoms with E-state index in [0.29, 0.717) is 11.8 Å². The van der Waals surface area contributed by atoms with Crippen molar-refractivity contribution in [2.75, 3.05) is 19.6 Å². The van der Waals surface area contributed by atoms with Crippen LogP contribution in [-0.4, -0.2) is 36.5 Å². The maximum atomic E-state index is 12.1. The Kier molecular flexibility index (Phi) is 7.77. The summed E-state index contributed by atoms with van der Waals surface area (Å²) in [6.07, 6.45) is 3.40. The van der Waals surface area contributed by atoms with Crippen LogP contribution < -0.4 is 5.32 Å². The second-order valence-electron chi connectivity index (χ2n) is 4.77. The molecule has 1 amide bonds. The van der Waals surface area contributed by atoms with Crippen LogP contribution in [0.3, 0.4) is 0 Å². The lowest BCUT2D eigenvalue weighted by atomic mass is 10.0. The zero-order chi connectivity index (χ0) is 11.3. The Morgan fingerprint density at radius 2 is 2.12 bits per heavy atom. The Balaban J connectivity index is 0.00000225. The number of hydrogen-bond acceptors (Lipinski definition) is 2. The standard InChI is InChI=1S/C12H24N2O.ClH/c1-4-14(9-10(2)3)12(15)11-7-5-6-8-13-11;/h10-11,13H,4-9H2,1-3H3;1H/t11-;/m0./s1. The number of halogens is 1. The van der Waals surface area contributed by atoms with Crippen LogP contribution in [0.15, 0.2) is 0 Å². The van der Waals surface area contributed by atoms with Gasteiger partial charge in [0, 0.05) is 13.1 Å². The van der Waals surface area contributed by atoms with Gasteiger partial charge in [0.2, 0.25) is 5.91 Å². The summed E-state index contributed by atoms with van der Waals surface area (Å²) in [6.45, 7) is 9.08. The van der Waals surface area contributed by atoms with Gasteiger partial charge in [0.25, 0.3) is 0 Å². The fourth-order valence-corrected chi connectivity index (χ4v) is 2.10. The molecule has 0 aromatic heterocycles. The SMILES string of the molecule is CCN(CC(C)C)C(=O)[C@@H]1CCCCN1.Cl. The predicted octanol–water partition coefficient (Wildman–Crippen LogP) is 2.05. The van der Waals surface area contributed by atoms with Crippen LogP contribution in [0.5, 0.6) is 0 Å². The monoisotopic (exact) mass is 248 g/mol. The van der Waals surface area contributed by atoms with Gasteiger partial charge < -0.3 is 10.2 Å². The fourth-order valence-electron chi connectivity index (χ4n) is 2.10. The first kappa shape index (κ1) is 15.7. The van der Waals surface area contributed by atoms with Crippen molar-refractivity contribution in [1.29, 1.82) is 0 Å². The highest BCUT2D eigenvalue weighted by molar-refractivity contribution is 5.85. The summed E-state index contributed by atoms with van der Waals surface area (Å²) < 4.78 is 0. The number of nitrogens with zero attached hydrogens (tertiary/aromatic N) is 1. The van der Waals surface area contributed by atoms with Gasteiger partial charge in [0.1, 0.15) is 0 Å². The highest BCUT2D eigenvalue weighted by Gasteiger charge is 2.24. The van der Waals surface area contributed by atoms with Crippen molar-refractivity contribution in [2.45, 2.75) is 46.1 Å². The van der Waals surface area contributed by atoms with Gasteiger partial charge in [0.05, 0.1) is 6.04 Å². The van der Waals surface area contributed by atoms with Gasteiger partial charge in [-0.2, -0.15) is 0 Å². The van der Waals surface area contributed by atoms with Crippen LogP contribution in [0.1, 0.15) is 40.0 Å². The molecule has 0 aliphatic carbocycles. The molecule has 1 aliphatic heterocycles. The minimum absolute atomic E-state index is 0. The van der Waals surface area contributed by atoms with Gasteiger partial charge in [-0.3, -0.25) is 4.79 Å². The molecule has 1 N–H and O–H groups in total. The van der Waals surface area contributed by atoms with Crippen LogP contribution in [0.2, 0.25) is 0 Å². The Bertz CT molecular complexity index is 203. The van der Waals surface area contributed by atoms with Crippen molar-refractivity contribution in [3.05, 3.63) is 0 Å². The van der Waals surface area contributed by atoms with Gasteiger partial charge in [-0.25, -0.2) is 0 Å². The lowest BCUT2D eigenvalue weighted by Crippen LogP contribution is -2.49. The fraction of sp³-hybridized carbons (Fsp3) is 0.917. The van der Waals surface area contributed by atoms with Crippen molar-refractivity contribution in [1.82, 2.24) is 10.2 Å². The largest absolute Gasteiger partial charge is 0.341 e. The molecular weight excluding hydrogens is 224 g/mol. The lowest BCUT2D eigenvalue weighted by molar-refractivity contribution is -0.134. The molecule has 1 aliphatic rings. The molecule has 0 radical (unpaired) electrons. The maximum absolute atomic E-state index is 12.1. The van der Waals surface area contributed by atoms with Gasteiger partial charge in [-0.15, -0.1) is 12.4 Å². The third-order valence-electron chi connectivity index (χ3n) is 2.89. The summed E-state index contributed by atoms with van der Waals surface area (Å²) in [5, 5.41) is 3.32. The average molecular weight is 249 g/mol. The summed E-state index contributed by atoms with van der Waals surface area (Å²) in [5.74, 6) is 0.850. The topological polar surface area (TPSA) is 32.3 Å². The summed E-state index contributed by atoms with van der Waals surface area (Å²) in [6, 6.07) is 0.0810. The average Bonchev–Trinajstić information content (AvgIpc) is 2.26. The zero-order valence-electron chi connectivity index (χ0n) is 10.7. The highest BCUT2D eigenvalue weighted by atomic mass is 35.5. The molecule has 1 heterocycles. The van der Waals surface area contributed by atoms with Crippen molar-refractivity contribution in [3.63, 3.8) is 0 Å². The first-order chi connectivity index (χ1) is 7.15. The number of amides is 1. The van der Waals surface area contributed by atoms with Crippen LogP contribution >= 0.6 is 12.4 Å². The van der Waals surface area contributed by atoms with Crippen LogP contribution in [0.25, 0.3) is 0 Å². The Morgan fingerprint density at radius 1 is 1.44 bits per heavy atom. The highest BCUT2D eigenvalue weighted by Crippen LogP contribution is 2.11.